The fourth-order valence-corrected chi connectivity index (χ4v) is 1.68. The van der Waals surface area contributed by atoms with Crippen LogP contribution in [0.15, 0.2) is 10.9 Å². The third-order valence-electron chi connectivity index (χ3n) is 1.70. The summed E-state index contributed by atoms with van der Waals surface area (Å²) in [5, 5.41) is 8.47. The van der Waals surface area contributed by atoms with Crippen LogP contribution in [0, 0.1) is 3.70 Å². The van der Waals surface area contributed by atoms with E-state index in [-0.39, 0.29) is 3.70 Å². The van der Waals surface area contributed by atoms with Crippen molar-refractivity contribution in [2.24, 2.45) is 0 Å². The molecule has 1 rings (SSSR count). The zero-order valence-corrected chi connectivity index (χ0v) is 9.42. The lowest BCUT2D eigenvalue weighted by Gasteiger charge is -2.06. The molecule has 0 aliphatic carbocycles. The first-order valence-electron chi connectivity index (χ1n) is 3.83. The Morgan fingerprint density at radius 1 is 1.60 bits per heavy atom. The van der Waals surface area contributed by atoms with Crippen LogP contribution in [-0.4, -0.2) is 16.1 Å². The topological polar surface area (TPSA) is 70.2 Å². The van der Waals surface area contributed by atoms with Gasteiger partial charge in [0.25, 0.3) is 12.0 Å². The summed E-state index contributed by atoms with van der Waals surface area (Å²) in [6.45, 7) is 0. The highest BCUT2D eigenvalue weighted by atomic mass is 127. The molecule has 0 spiro atoms. The summed E-state index contributed by atoms with van der Waals surface area (Å²) in [4.78, 5) is 23.9. The molecule has 0 aromatic carbocycles. The molecule has 0 bridgehead atoms. The molecule has 0 saturated carbocycles. The van der Waals surface area contributed by atoms with Crippen LogP contribution in [0.5, 0.6) is 0 Å². The molecule has 0 aliphatic rings. The van der Waals surface area contributed by atoms with E-state index in [0.29, 0.717) is 0 Å². The van der Waals surface area contributed by atoms with Gasteiger partial charge in [0.2, 0.25) is 0 Å². The normalized spacial score (nSPS) is 10.7. The summed E-state index contributed by atoms with van der Waals surface area (Å²) < 4.78 is 25.2. The van der Waals surface area contributed by atoms with Crippen LogP contribution >= 0.6 is 22.6 Å². The summed E-state index contributed by atoms with van der Waals surface area (Å²) in [5.41, 5.74) is -1.69. The van der Waals surface area contributed by atoms with Gasteiger partial charge < -0.3 is 10.1 Å². The average molecular weight is 329 g/mol. The van der Waals surface area contributed by atoms with Crippen molar-refractivity contribution in [2.75, 3.05) is 0 Å². The Hall–Kier alpha value is -0.990. The molecule has 1 aromatic heterocycles. The molecule has 0 aliphatic heterocycles. The molecule has 0 fully saturated rings. The van der Waals surface area contributed by atoms with Gasteiger partial charge in [0.1, 0.15) is 0 Å². The highest BCUT2D eigenvalue weighted by molar-refractivity contribution is 14.1. The van der Waals surface area contributed by atoms with Crippen LogP contribution in [0.2, 0.25) is 0 Å². The van der Waals surface area contributed by atoms with Gasteiger partial charge in [-0.15, -0.1) is 0 Å². The number of rotatable bonds is 3. The molecule has 0 saturated heterocycles. The van der Waals surface area contributed by atoms with E-state index in [0.717, 1.165) is 6.07 Å². The van der Waals surface area contributed by atoms with Crippen LogP contribution in [0.25, 0.3) is 0 Å². The van der Waals surface area contributed by atoms with E-state index in [2.05, 4.69) is 4.98 Å². The number of carboxylic acid groups (broad SMARTS) is 1. The van der Waals surface area contributed by atoms with Crippen molar-refractivity contribution in [3.63, 3.8) is 0 Å². The molecule has 0 radical (unpaired) electrons. The molecule has 0 unspecified atom stereocenters. The Kier molecular flexibility index (Phi) is 3.77. The van der Waals surface area contributed by atoms with Gasteiger partial charge in [-0.3, -0.25) is 9.59 Å². The molecule has 7 heteroatoms. The van der Waals surface area contributed by atoms with Crippen LogP contribution in [-0.2, 0) is 11.2 Å². The summed E-state index contributed by atoms with van der Waals surface area (Å²) in [6.07, 6.45) is -3.55. The Bertz CT molecular complexity index is 444. The number of nitrogens with one attached hydrogen (secondary N) is 1. The van der Waals surface area contributed by atoms with Gasteiger partial charge in [-0.1, -0.05) is 0 Å². The Morgan fingerprint density at radius 3 is 2.67 bits per heavy atom. The molecular formula is C8H6F2INO3. The number of carbonyl (C=O) groups is 1. The van der Waals surface area contributed by atoms with E-state index in [1.54, 1.807) is 22.6 Å². The number of pyridine rings is 1. The van der Waals surface area contributed by atoms with E-state index in [9.17, 15) is 18.4 Å². The molecule has 1 aromatic rings. The lowest BCUT2D eigenvalue weighted by Crippen LogP contribution is -2.20. The largest absolute Gasteiger partial charge is 0.481 e. The average Bonchev–Trinajstić information content (AvgIpc) is 2.08. The van der Waals surface area contributed by atoms with Gasteiger partial charge in [-0.25, -0.2) is 8.78 Å². The van der Waals surface area contributed by atoms with Crippen molar-refractivity contribution in [3.8, 4) is 0 Å². The molecule has 2 N–H and O–H groups in total. The van der Waals surface area contributed by atoms with Crippen molar-refractivity contribution in [2.45, 2.75) is 12.8 Å². The summed E-state index contributed by atoms with van der Waals surface area (Å²) >= 11 is 1.68. The van der Waals surface area contributed by atoms with Crippen LogP contribution in [0.3, 0.4) is 0 Å². The van der Waals surface area contributed by atoms with E-state index in [1.807, 2.05) is 0 Å². The lowest BCUT2D eigenvalue weighted by molar-refractivity contribution is -0.136. The standard InChI is InChI=1S/C8H6F2INO3/c9-7(10)3-1-5(11)12-8(15)4(3)2-6(13)14/h1,7H,2H2,(H,12,15)(H,13,14). The lowest BCUT2D eigenvalue weighted by atomic mass is 10.1. The van der Waals surface area contributed by atoms with Crippen molar-refractivity contribution in [1.29, 1.82) is 0 Å². The first-order valence-corrected chi connectivity index (χ1v) is 4.91. The minimum Gasteiger partial charge on any atom is -0.481 e. The number of H-pyrrole nitrogens is 1. The zero-order chi connectivity index (χ0) is 11.6. The minimum absolute atomic E-state index is 0.252. The van der Waals surface area contributed by atoms with Crippen LogP contribution < -0.4 is 5.56 Å². The number of aromatic amines is 1. The summed E-state index contributed by atoms with van der Waals surface area (Å²) in [6, 6.07) is 1.07. The van der Waals surface area contributed by atoms with Crippen molar-refractivity contribution in [1.82, 2.24) is 4.98 Å². The van der Waals surface area contributed by atoms with Gasteiger partial charge in [0.05, 0.1) is 10.1 Å². The van der Waals surface area contributed by atoms with Crippen molar-refractivity contribution < 1.29 is 18.7 Å². The van der Waals surface area contributed by atoms with Crippen molar-refractivity contribution in [3.05, 3.63) is 31.2 Å². The number of hydrogen-bond donors (Lipinski definition) is 2. The maximum absolute atomic E-state index is 12.5. The smallest absolute Gasteiger partial charge is 0.308 e. The van der Waals surface area contributed by atoms with Gasteiger partial charge in [-0.2, -0.15) is 0 Å². The fraction of sp³-hybridized carbons (Fsp3) is 0.250. The molecular weight excluding hydrogens is 323 g/mol. The van der Waals surface area contributed by atoms with Crippen LogP contribution in [0.4, 0.5) is 8.78 Å². The number of aromatic nitrogens is 1. The van der Waals surface area contributed by atoms with E-state index < -0.39 is 35.5 Å². The molecule has 4 nitrogen and oxygen atoms in total. The highest BCUT2D eigenvalue weighted by Crippen LogP contribution is 2.22. The summed E-state index contributed by atoms with van der Waals surface area (Å²) in [7, 11) is 0. The maximum atomic E-state index is 12.5. The monoisotopic (exact) mass is 329 g/mol. The molecule has 0 atom stereocenters. The zero-order valence-electron chi connectivity index (χ0n) is 7.26. The molecule has 0 amide bonds. The fourth-order valence-electron chi connectivity index (χ4n) is 1.10. The van der Waals surface area contributed by atoms with Gasteiger partial charge in [0, 0.05) is 11.1 Å². The minimum atomic E-state index is -2.85. The second-order valence-corrected chi connectivity index (χ2v) is 3.91. The van der Waals surface area contributed by atoms with Crippen LogP contribution in [0.1, 0.15) is 17.6 Å². The quantitative estimate of drug-likeness (QED) is 0.653. The number of hydrogen-bond acceptors (Lipinski definition) is 2. The van der Waals surface area contributed by atoms with Gasteiger partial charge in [-0.05, 0) is 28.7 Å². The predicted molar refractivity (Wildman–Crippen MR) is 56.1 cm³/mol. The van der Waals surface area contributed by atoms with E-state index in [4.69, 9.17) is 5.11 Å². The Balaban J connectivity index is 3.33. The molecule has 1 heterocycles. The number of halogens is 3. The SMILES string of the molecule is O=C(O)Cc1c(C(F)F)cc(I)[nH]c1=O. The second kappa shape index (κ2) is 4.69. The second-order valence-electron chi connectivity index (χ2n) is 2.75. The first-order chi connectivity index (χ1) is 6.91. The molecule has 82 valence electrons. The third-order valence-corrected chi connectivity index (χ3v) is 2.28. The molecule has 15 heavy (non-hydrogen) atoms. The van der Waals surface area contributed by atoms with Gasteiger partial charge in [0.15, 0.2) is 0 Å². The van der Waals surface area contributed by atoms with E-state index in [1.165, 1.54) is 0 Å². The first kappa shape index (κ1) is 12.1. The summed E-state index contributed by atoms with van der Waals surface area (Å²) in [5.74, 6) is -1.32. The number of carboxylic acids is 1. The highest BCUT2D eigenvalue weighted by Gasteiger charge is 2.18. The third kappa shape index (κ3) is 2.98. The predicted octanol–water partition coefficient (Wildman–Crippen LogP) is 1.54. The van der Waals surface area contributed by atoms with Gasteiger partial charge >= 0.3 is 5.97 Å². The van der Waals surface area contributed by atoms with E-state index >= 15 is 0 Å². The number of alkyl halides is 2. The van der Waals surface area contributed by atoms with Crippen molar-refractivity contribution >= 4 is 28.6 Å². The Morgan fingerprint density at radius 2 is 2.20 bits per heavy atom. The Labute approximate surface area is 96.5 Å². The maximum Gasteiger partial charge on any atom is 0.308 e. The number of aliphatic carboxylic acids is 1.